The van der Waals surface area contributed by atoms with Gasteiger partial charge in [0.25, 0.3) is 20.1 Å². The fourth-order valence-electron chi connectivity index (χ4n) is 3.39. The van der Waals surface area contributed by atoms with Crippen LogP contribution in [0.25, 0.3) is 0 Å². The van der Waals surface area contributed by atoms with E-state index in [0.717, 1.165) is 30.3 Å². The van der Waals surface area contributed by atoms with E-state index in [1.807, 2.05) is 0 Å². The number of sulfonamides is 1. The molecule has 0 aliphatic heterocycles. The molecule has 210 valence electrons. The van der Waals surface area contributed by atoms with Crippen molar-refractivity contribution < 1.29 is 36.4 Å². The van der Waals surface area contributed by atoms with Crippen molar-refractivity contribution in [2.45, 2.75) is 9.79 Å². The standard InChI is InChI=1S/C26H21N5O8S2/c32-24-14-13-19(40(35,36)31-18-9-6-10-20(15-18)41(37,38)39)16-23(24)28-30-25(17-7-2-1-3-8-17)29-27-22-12-5-4-11-21(22)26(33)34/h1-16,28,31-32H,(H,33,34)(H,37,38,39). The van der Waals surface area contributed by atoms with Crippen LogP contribution in [0.5, 0.6) is 5.75 Å². The van der Waals surface area contributed by atoms with E-state index in [4.69, 9.17) is 0 Å². The van der Waals surface area contributed by atoms with E-state index in [1.165, 1.54) is 24.3 Å². The van der Waals surface area contributed by atoms with E-state index in [9.17, 15) is 36.4 Å². The molecule has 4 aromatic rings. The highest BCUT2D eigenvalue weighted by Gasteiger charge is 2.18. The molecule has 0 unspecified atom stereocenters. The molecule has 0 bridgehead atoms. The molecule has 0 amide bonds. The van der Waals surface area contributed by atoms with Crippen molar-refractivity contribution >= 4 is 49.0 Å². The lowest BCUT2D eigenvalue weighted by Gasteiger charge is -2.11. The largest absolute Gasteiger partial charge is 0.506 e. The zero-order chi connectivity index (χ0) is 29.6. The summed E-state index contributed by atoms with van der Waals surface area (Å²) in [7, 11) is -8.85. The number of carbonyl (C=O) groups is 1. The van der Waals surface area contributed by atoms with Crippen LogP contribution in [0, 0.1) is 0 Å². The normalized spacial score (nSPS) is 12.3. The number of carboxylic acid groups (broad SMARTS) is 1. The van der Waals surface area contributed by atoms with Crippen LogP contribution < -0.4 is 10.1 Å². The maximum atomic E-state index is 13.0. The summed E-state index contributed by atoms with van der Waals surface area (Å²) in [6, 6.07) is 22.3. The first-order valence-electron chi connectivity index (χ1n) is 11.5. The zero-order valence-electron chi connectivity index (χ0n) is 20.8. The van der Waals surface area contributed by atoms with E-state index in [0.29, 0.717) is 5.56 Å². The van der Waals surface area contributed by atoms with Crippen LogP contribution >= 0.6 is 0 Å². The summed E-state index contributed by atoms with van der Waals surface area (Å²) in [5.74, 6) is -1.57. The molecule has 4 rings (SSSR count). The minimum atomic E-state index is -4.56. The second-order valence-corrected chi connectivity index (χ2v) is 11.3. The summed E-state index contributed by atoms with van der Waals surface area (Å²) in [4.78, 5) is 10.7. The number of azo groups is 1. The third-order valence-electron chi connectivity index (χ3n) is 5.36. The van der Waals surface area contributed by atoms with Gasteiger partial charge >= 0.3 is 5.97 Å². The lowest BCUT2D eigenvalue weighted by atomic mass is 10.2. The van der Waals surface area contributed by atoms with E-state index < -0.39 is 31.0 Å². The SMILES string of the molecule is O=C(O)c1ccccc1N=NC(=NNc1cc(S(=O)(=O)Nc2cccc(S(=O)(=O)O)c2)ccc1O)c1ccccc1. The molecule has 0 saturated carbocycles. The van der Waals surface area contributed by atoms with E-state index in [-0.39, 0.29) is 39.1 Å². The van der Waals surface area contributed by atoms with Crippen molar-refractivity contribution in [3.8, 4) is 5.75 Å². The Morgan fingerprint density at radius 2 is 1.49 bits per heavy atom. The molecule has 41 heavy (non-hydrogen) atoms. The molecule has 0 saturated heterocycles. The number of nitrogens with zero attached hydrogens (tertiary/aromatic N) is 3. The molecule has 4 aromatic carbocycles. The molecule has 0 aliphatic rings. The van der Waals surface area contributed by atoms with E-state index >= 15 is 0 Å². The summed E-state index contributed by atoms with van der Waals surface area (Å²) in [5, 5.41) is 32.0. The third kappa shape index (κ3) is 7.30. The van der Waals surface area contributed by atoms with Gasteiger partial charge in [0, 0.05) is 5.56 Å². The Balaban J connectivity index is 1.66. The Kier molecular flexibility index (Phi) is 8.42. The zero-order valence-corrected chi connectivity index (χ0v) is 22.4. The first-order chi connectivity index (χ1) is 19.4. The van der Waals surface area contributed by atoms with E-state index in [1.54, 1.807) is 42.5 Å². The van der Waals surface area contributed by atoms with Gasteiger partial charge in [0.2, 0.25) is 5.84 Å². The minimum absolute atomic E-state index is 0.0152. The Hall–Kier alpha value is -5.12. The average Bonchev–Trinajstić information content (AvgIpc) is 2.94. The Labute approximate surface area is 234 Å². The second kappa shape index (κ2) is 12.0. The predicted molar refractivity (Wildman–Crippen MR) is 150 cm³/mol. The molecular formula is C26H21N5O8S2. The van der Waals surface area contributed by atoms with Crippen molar-refractivity contribution in [1.82, 2.24) is 0 Å². The fraction of sp³-hybridized carbons (Fsp3) is 0. The van der Waals surface area contributed by atoms with Gasteiger partial charge in [-0.3, -0.25) is 14.7 Å². The fourth-order valence-corrected chi connectivity index (χ4v) is 5.00. The van der Waals surface area contributed by atoms with E-state index in [2.05, 4.69) is 25.5 Å². The monoisotopic (exact) mass is 595 g/mol. The number of hydrogen-bond donors (Lipinski definition) is 5. The molecule has 15 heteroatoms. The van der Waals surface area contributed by atoms with Crippen LogP contribution in [0.2, 0.25) is 0 Å². The quantitative estimate of drug-likeness (QED) is 0.0453. The van der Waals surface area contributed by atoms with Crippen LogP contribution in [0.4, 0.5) is 17.1 Å². The van der Waals surface area contributed by atoms with Crippen molar-refractivity contribution in [1.29, 1.82) is 0 Å². The number of hydrazone groups is 1. The molecule has 0 radical (unpaired) electrons. The van der Waals surface area contributed by atoms with Gasteiger partial charge in [-0.05, 0) is 48.5 Å². The molecule has 0 aliphatic carbocycles. The van der Waals surface area contributed by atoms with Gasteiger partial charge in [-0.15, -0.1) is 10.2 Å². The summed E-state index contributed by atoms with van der Waals surface area (Å²) in [5.41, 5.74) is 2.76. The van der Waals surface area contributed by atoms with Gasteiger partial charge in [-0.2, -0.15) is 13.5 Å². The number of amidine groups is 1. The number of carboxylic acids is 1. The lowest BCUT2D eigenvalue weighted by molar-refractivity contribution is 0.0697. The van der Waals surface area contributed by atoms with Crippen molar-refractivity contribution in [3.05, 3.63) is 108 Å². The minimum Gasteiger partial charge on any atom is -0.506 e. The topological polar surface area (TPSA) is 207 Å². The number of hydrogen-bond acceptors (Lipinski definition) is 9. The van der Waals surface area contributed by atoms with Crippen molar-refractivity contribution in [2.75, 3.05) is 10.1 Å². The van der Waals surface area contributed by atoms with Crippen LogP contribution in [0.1, 0.15) is 15.9 Å². The molecular weight excluding hydrogens is 574 g/mol. The molecule has 0 spiro atoms. The number of nitrogens with one attached hydrogen (secondary N) is 2. The smallest absolute Gasteiger partial charge is 0.337 e. The van der Waals surface area contributed by atoms with Gasteiger partial charge in [-0.1, -0.05) is 48.5 Å². The maximum absolute atomic E-state index is 13.0. The number of phenolic OH excluding ortho intramolecular Hbond substituents is 1. The molecule has 13 nitrogen and oxygen atoms in total. The summed E-state index contributed by atoms with van der Waals surface area (Å²) in [6.45, 7) is 0. The highest BCUT2D eigenvalue weighted by Crippen LogP contribution is 2.28. The number of aromatic carboxylic acids is 1. The van der Waals surface area contributed by atoms with Crippen LogP contribution in [-0.4, -0.2) is 43.4 Å². The predicted octanol–water partition coefficient (Wildman–Crippen LogP) is 4.70. The number of benzene rings is 4. The van der Waals surface area contributed by atoms with Gasteiger partial charge in [-0.25, -0.2) is 13.2 Å². The maximum Gasteiger partial charge on any atom is 0.337 e. The number of rotatable bonds is 9. The Morgan fingerprint density at radius 3 is 2.20 bits per heavy atom. The first-order valence-corrected chi connectivity index (χ1v) is 14.4. The molecule has 0 heterocycles. The lowest BCUT2D eigenvalue weighted by Crippen LogP contribution is -2.13. The van der Waals surface area contributed by atoms with Gasteiger partial charge in [0.15, 0.2) is 0 Å². The van der Waals surface area contributed by atoms with Crippen LogP contribution in [0.15, 0.2) is 122 Å². The summed E-state index contributed by atoms with van der Waals surface area (Å²) in [6.07, 6.45) is 0. The molecule has 0 fully saturated rings. The number of aromatic hydroxyl groups is 1. The first kappa shape index (κ1) is 28.9. The second-order valence-electron chi connectivity index (χ2n) is 8.22. The number of anilines is 2. The third-order valence-corrected chi connectivity index (χ3v) is 7.59. The Bertz CT molecular complexity index is 1880. The van der Waals surface area contributed by atoms with Crippen molar-refractivity contribution in [3.63, 3.8) is 0 Å². The average molecular weight is 596 g/mol. The van der Waals surface area contributed by atoms with Crippen LogP contribution in [0.3, 0.4) is 0 Å². The molecule has 0 aromatic heterocycles. The van der Waals surface area contributed by atoms with Gasteiger partial charge < -0.3 is 10.2 Å². The Morgan fingerprint density at radius 1 is 0.780 bits per heavy atom. The number of phenols is 1. The van der Waals surface area contributed by atoms with Gasteiger partial charge in [0.05, 0.1) is 26.7 Å². The summed E-state index contributed by atoms with van der Waals surface area (Å²) >= 11 is 0. The highest BCUT2D eigenvalue weighted by atomic mass is 32.2. The van der Waals surface area contributed by atoms with Crippen LogP contribution in [-0.2, 0) is 20.1 Å². The summed E-state index contributed by atoms with van der Waals surface area (Å²) < 4.78 is 60.2. The molecule has 5 N–H and O–H groups in total. The van der Waals surface area contributed by atoms with Crippen molar-refractivity contribution in [2.24, 2.45) is 15.3 Å². The molecule has 0 atom stereocenters. The highest BCUT2D eigenvalue weighted by molar-refractivity contribution is 7.92. The van der Waals surface area contributed by atoms with Gasteiger partial charge in [0.1, 0.15) is 11.4 Å².